The molecule has 0 atom stereocenters. The lowest BCUT2D eigenvalue weighted by molar-refractivity contribution is 0.790. The Hall–Kier alpha value is -2.70. The number of fused-ring (bicyclic) bond motifs is 1. The van der Waals surface area contributed by atoms with Crippen molar-refractivity contribution >= 4 is 22.5 Å². The molecule has 0 saturated carbocycles. The van der Waals surface area contributed by atoms with Crippen LogP contribution in [0, 0.1) is 0 Å². The molecule has 0 aliphatic carbocycles. The molecule has 7 heteroatoms. The van der Waals surface area contributed by atoms with Crippen LogP contribution < -0.4 is 10.6 Å². The van der Waals surface area contributed by atoms with E-state index in [1.807, 2.05) is 24.3 Å². The molecule has 7 nitrogen and oxygen atoms in total. The quantitative estimate of drug-likeness (QED) is 0.783. The molecule has 3 rings (SSSR count). The fourth-order valence-electron chi connectivity index (χ4n) is 2.35. The summed E-state index contributed by atoms with van der Waals surface area (Å²) in [7, 11) is 0. The summed E-state index contributed by atoms with van der Waals surface area (Å²) in [6.07, 6.45) is 1.51. The second kappa shape index (κ2) is 5.35. The first-order valence-electron chi connectivity index (χ1n) is 6.92. The van der Waals surface area contributed by atoms with Gasteiger partial charge in [0.25, 0.3) is 0 Å². The van der Waals surface area contributed by atoms with Crippen molar-refractivity contribution in [3.8, 4) is 5.82 Å². The highest BCUT2D eigenvalue weighted by Gasteiger charge is 2.16. The molecule has 0 aliphatic rings. The van der Waals surface area contributed by atoms with E-state index in [9.17, 15) is 0 Å². The number of benzene rings is 1. The van der Waals surface area contributed by atoms with E-state index in [0.29, 0.717) is 11.5 Å². The van der Waals surface area contributed by atoms with Crippen LogP contribution in [-0.4, -0.2) is 38.1 Å². The zero-order valence-electron chi connectivity index (χ0n) is 12.1. The number of para-hydroxylation sites is 1. The SMILES string of the molecule is CCN(CC)c1ncnc(-n2nnc3ccccc32)c1N. The molecule has 0 fully saturated rings. The third-order valence-corrected chi connectivity index (χ3v) is 3.46. The van der Waals surface area contributed by atoms with E-state index < -0.39 is 0 Å². The van der Waals surface area contributed by atoms with Crippen molar-refractivity contribution in [2.24, 2.45) is 0 Å². The molecular formula is C14H17N7. The lowest BCUT2D eigenvalue weighted by Gasteiger charge is -2.21. The van der Waals surface area contributed by atoms with Gasteiger partial charge in [-0.15, -0.1) is 5.10 Å². The van der Waals surface area contributed by atoms with Gasteiger partial charge in [0.2, 0.25) is 0 Å². The minimum Gasteiger partial charge on any atom is -0.393 e. The summed E-state index contributed by atoms with van der Waals surface area (Å²) in [6.45, 7) is 5.79. The molecule has 108 valence electrons. The highest BCUT2D eigenvalue weighted by atomic mass is 15.4. The molecule has 3 aromatic rings. The van der Waals surface area contributed by atoms with E-state index in [-0.39, 0.29) is 0 Å². The van der Waals surface area contributed by atoms with Crippen LogP contribution in [0.1, 0.15) is 13.8 Å². The van der Waals surface area contributed by atoms with Gasteiger partial charge in [0, 0.05) is 13.1 Å². The average molecular weight is 283 g/mol. The standard InChI is InChI=1S/C14H17N7/c1-3-20(4-2)13-12(15)14(17-9-16-13)21-11-8-6-5-7-10(11)18-19-21/h5-9H,3-4,15H2,1-2H3. The molecule has 0 radical (unpaired) electrons. The van der Waals surface area contributed by atoms with Crippen LogP contribution in [0.4, 0.5) is 11.5 Å². The minimum atomic E-state index is 0.511. The Morgan fingerprint density at radius 3 is 2.67 bits per heavy atom. The Bertz CT molecular complexity index is 761. The topological polar surface area (TPSA) is 85.8 Å². The van der Waals surface area contributed by atoms with Crippen molar-refractivity contribution in [3.63, 3.8) is 0 Å². The van der Waals surface area contributed by atoms with Crippen molar-refractivity contribution in [2.75, 3.05) is 23.7 Å². The van der Waals surface area contributed by atoms with E-state index >= 15 is 0 Å². The van der Waals surface area contributed by atoms with E-state index in [1.165, 1.54) is 6.33 Å². The van der Waals surface area contributed by atoms with Crippen LogP contribution >= 0.6 is 0 Å². The van der Waals surface area contributed by atoms with Gasteiger partial charge in [-0.05, 0) is 26.0 Å². The van der Waals surface area contributed by atoms with Crippen molar-refractivity contribution < 1.29 is 0 Å². The summed E-state index contributed by atoms with van der Waals surface area (Å²) >= 11 is 0. The summed E-state index contributed by atoms with van der Waals surface area (Å²) in [5, 5.41) is 8.29. The second-order valence-electron chi connectivity index (χ2n) is 4.60. The first-order chi connectivity index (χ1) is 10.3. The molecule has 0 spiro atoms. The molecule has 1 aromatic carbocycles. The predicted octanol–water partition coefficient (Wildman–Crippen LogP) is 1.64. The van der Waals surface area contributed by atoms with Gasteiger partial charge in [-0.25, -0.2) is 9.97 Å². The van der Waals surface area contributed by atoms with Crippen LogP contribution in [0.15, 0.2) is 30.6 Å². The van der Waals surface area contributed by atoms with E-state index in [0.717, 1.165) is 29.9 Å². The van der Waals surface area contributed by atoms with Gasteiger partial charge in [-0.3, -0.25) is 0 Å². The molecule has 2 heterocycles. The Morgan fingerprint density at radius 1 is 1.14 bits per heavy atom. The van der Waals surface area contributed by atoms with Crippen LogP contribution in [0.2, 0.25) is 0 Å². The molecular weight excluding hydrogens is 266 g/mol. The fourth-order valence-corrected chi connectivity index (χ4v) is 2.35. The van der Waals surface area contributed by atoms with Gasteiger partial charge in [0.15, 0.2) is 11.6 Å². The molecule has 21 heavy (non-hydrogen) atoms. The molecule has 0 amide bonds. The van der Waals surface area contributed by atoms with Crippen molar-refractivity contribution in [2.45, 2.75) is 13.8 Å². The normalized spacial score (nSPS) is 11.0. The molecule has 0 saturated heterocycles. The number of anilines is 2. The van der Waals surface area contributed by atoms with Crippen LogP contribution in [-0.2, 0) is 0 Å². The molecule has 2 N–H and O–H groups in total. The monoisotopic (exact) mass is 283 g/mol. The lowest BCUT2D eigenvalue weighted by atomic mass is 10.3. The largest absolute Gasteiger partial charge is 0.393 e. The first-order valence-corrected chi connectivity index (χ1v) is 6.92. The Labute approximate surface area is 122 Å². The highest BCUT2D eigenvalue weighted by molar-refractivity contribution is 5.79. The van der Waals surface area contributed by atoms with E-state index in [4.69, 9.17) is 5.73 Å². The number of nitrogens with zero attached hydrogens (tertiary/aromatic N) is 6. The first kappa shape index (κ1) is 13.3. The number of hydrogen-bond donors (Lipinski definition) is 1. The molecule has 0 bridgehead atoms. The van der Waals surface area contributed by atoms with Crippen molar-refractivity contribution in [3.05, 3.63) is 30.6 Å². The number of nitrogen functional groups attached to an aromatic ring is 1. The highest BCUT2D eigenvalue weighted by Crippen LogP contribution is 2.26. The van der Waals surface area contributed by atoms with Gasteiger partial charge >= 0.3 is 0 Å². The van der Waals surface area contributed by atoms with Gasteiger partial charge in [0.1, 0.15) is 17.5 Å². The summed E-state index contributed by atoms with van der Waals surface area (Å²) in [5.41, 5.74) is 8.45. The van der Waals surface area contributed by atoms with Crippen LogP contribution in [0.5, 0.6) is 0 Å². The van der Waals surface area contributed by atoms with Crippen LogP contribution in [0.25, 0.3) is 16.9 Å². The van der Waals surface area contributed by atoms with Gasteiger partial charge < -0.3 is 10.6 Å². The van der Waals surface area contributed by atoms with E-state index in [1.54, 1.807) is 4.68 Å². The third-order valence-electron chi connectivity index (χ3n) is 3.46. The summed E-state index contributed by atoms with van der Waals surface area (Å²) in [5.74, 6) is 1.28. The van der Waals surface area contributed by atoms with E-state index in [2.05, 4.69) is 39.0 Å². The summed E-state index contributed by atoms with van der Waals surface area (Å²) < 4.78 is 1.65. The fraction of sp³-hybridized carbons (Fsp3) is 0.286. The maximum absolute atomic E-state index is 6.26. The second-order valence-corrected chi connectivity index (χ2v) is 4.60. The van der Waals surface area contributed by atoms with Crippen molar-refractivity contribution in [1.82, 2.24) is 25.0 Å². The maximum atomic E-state index is 6.26. The Balaban J connectivity index is 2.17. The molecule has 2 aromatic heterocycles. The lowest BCUT2D eigenvalue weighted by Crippen LogP contribution is -2.25. The number of nitrogens with two attached hydrogens (primary N) is 1. The molecule has 0 aliphatic heterocycles. The predicted molar refractivity (Wildman–Crippen MR) is 82.4 cm³/mol. The van der Waals surface area contributed by atoms with Crippen molar-refractivity contribution in [1.29, 1.82) is 0 Å². The van der Waals surface area contributed by atoms with Gasteiger partial charge in [-0.1, -0.05) is 17.3 Å². The Morgan fingerprint density at radius 2 is 1.90 bits per heavy atom. The number of rotatable bonds is 4. The number of aromatic nitrogens is 5. The zero-order chi connectivity index (χ0) is 14.8. The maximum Gasteiger partial charge on any atom is 0.184 e. The molecule has 0 unspecified atom stereocenters. The van der Waals surface area contributed by atoms with Crippen LogP contribution in [0.3, 0.4) is 0 Å². The average Bonchev–Trinajstić information content (AvgIpc) is 2.94. The Kier molecular flexibility index (Phi) is 3.39. The van der Waals surface area contributed by atoms with Gasteiger partial charge in [-0.2, -0.15) is 4.68 Å². The zero-order valence-corrected chi connectivity index (χ0v) is 12.1. The van der Waals surface area contributed by atoms with Gasteiger partial charge in [0.05, 0.1) is 5.52 Å². The smallest absolute Gasteiger partial charge is 0.184 e. The summed E-state index contributed by atoms with van der Waals surface area (Å²) in [6, 6.07) is 7.70. The third kappa shape index (κ3) is 2.16. The minimum absolute atomic E-state index is 0.511. The summed E-state index contributed by atoms with van der Waals surface area (Å²) in [4.78, 5) is 10.7. The number of hydrogen-bond acceptors (Lipinski definition) is 6.